The molecule has 0 saturated carbocycles. The highest BCUT2D eigenvalue weighted by Gasteiger charge is 1.98. The fourth-order valence-electron chi connectivity index (χ4n) is 1.34. The molecular weight excluding hydrogens is 194 g/mol. The minimum absolute atomic E-state index is 0.332. The SMILES string of the molecule is CSCc1ccc2cnc(N)nc2c1. The molecule has 3 nitrogen and oxygen atoms in total. The van der Waals surface area contributed by atoms with Gasteiger partial charge < -0.3 is 5.73 Å². The summed E-state index contributed by atoms with van der Waals surface area (Å²) in [5, 5.41) is 1.03. The van der Waals surface area contributed by atoms with Crippen LogP contribution < -0.4 is 5.73 Å². The zero-order chi connectivity index (χ0) is 9.97. The van der Waals surface area contributed by atoms with Crippen LogP contribution in [0.3, 0.4) is 0 Å². The van der Waals surface area contributed by atoms with Crippen LogP contribution in [-0.4, -0.2) is 16.2 Å². The maximum Gasteiger partial charge on any atom is 0.220 e. The number of nitrogens with two attached hydrogens (primary N) is 1. The van der Waals surface area contributed by atoms with Crippen molar-refractivity contribution in [3.63, 3.8) is 0 Å². The van der Waals surface area contributed by atoms with E-state index in [2.05, 4.69) is 28.4 Å². The van der Waals surface area contributed by atoms with Gasteiger partial charge in [0.2, 0.25) is 5.95 Å². The molecule has 0 fully saturated rings. The van der Waals surface area contributed by atoms with E-state index in [1.165, 1.54) is 5.56 Å². The Balaban J connectivity index is 2.52. The monoisotopic (exact) mass is 205 g/mol. The standard InChI is InChI=1S/C10H11N3S/c1-14-6-7-2-3-8-5-12-10(11)13-9(8)4-7/h2-5H,6H2,1H3,(H2,11,12,13). The van der Waals surface area contributed by atoms with Gasteiger partial charge in [0.15, 0.2) is 0 Å². The van der Waals surface area contributed by atoms with E-state index in [9.17, 15) is 0 Å². The average Bonchev–Trinajstić information content (AvgIpc) is 2.17. The number of nitrogens with zero attached hydrogens (tertiary/aromatic N) is 2. The minimum Gasteiger partial charge on any atom is -0.368 e. The van der Waals surface area contributed by atoms with Gasteiger partial charge in [-0.2, -0.15) is 11.8 Å². The van der Waals surface area contributed by atoms with E-state index in [-0.39, 0.29) is 0 Å². The zero-order valence-corrected chi connectivity index (χ0v) is 8.71. The van der Waals surface area contributed by atoms with Crippen molar-refractivity contribution in [2.24, 2.45) is 0 Å². The van der Waals surface area contributed by atoms with Gasteiger partial charge in [-0.1, -0.05) is 12.1 Å². The van der Waals surface area contributed by atoms with Crippen molar-refractivity contribution in [2.75, 3.05) is 12.0 Å². The van der Waals surface area contributed by atoms with E-state index in [1.807, 2.05) is 6.07 Å². The van der Waals surface area contributed by atoms with E-state index in [4.69, 9.17) is 5.73 Å². The van der Waals surface area contributed by atoms with Crippen LogP contribution in [0.4, 0.5) is 5.95 Å². The molecular formula is C10H11N3S. The van der Waals surface area contributed by atoms with E-state index in [0.717, 1.165) is 16.7 Å². The Hall–Kier alpha value is -1.29. The lowest BCUT2D eigenvalue weighted by molar-refractivity contribution is 1.23. The van der Waals surface area contributed by atoms with Crippen LogP contribution >= 0.6 is 11.8 Å². The summed E-state index contributed by atoms with van der Waals surface area (Å²) in [7, 11) is 0. The van der Waals surface area contributed by atoms with Gasteiger partial charge in [0, 0.05) is 17.3 Å². The molecule has 0 aliphatic rings. The summed E-state index contributed by atoms with van der Waals surface area (Å²) < 4.78 is 0. The van der Waals surface area contributed by atoms with E-state index < -0.39 is 0 Å². The molecule has 0 amide bonds. The molecule has 0 saturated heterocycles. The summed E-state index contributed by atoms with van der Waals surface area (Å²) in [6.45, 7) is 0. The number of hydrogen-bond acceptors (Lipinski definition) is 4. The molecule has 0 aliphatic heterocycles. The molecule has 2 aromatic rings. The molecule has 1 aromatic heterocycles. The number of benzene rings is 1. The molecule has 4 heteroatoms. The van der Waals surface area contributed by atoms with Crippen LogP contribution in [0.2, 0.25) is 0 Å². The number of aromatic nitrogens is 2. The molecule has 1 aromatic carbocycles. The molecule has 1 heterocycles. The summed E-state index contributed by atoms with van der Waals surface area (Å²) in [6.07, 6.45) is 3.83. The maximum absolute atomic E-state index is 5.52. The van der Waals surface area contributed by atoms with Gasteiger partial charge in [-0.05, 0) is 17.9 Å². The first-order valence-electron chi connectivity index (χ1n) is 4.29. The number of anilines is 1. The highest BCUT2D eigenvalue weighted by molar-refractivity contribution is 7.97. The fraction of sp³-hybridized carbons (Fsp3) is 0.200. The fourth-order valence-corrected chi connectivity index (χ4v) is 1.85. The Morgan fingerprint density at radius 2 is 2.29 bits per heavy atom. The highest BCUT2D eigenvalue weighted by Crippen LogP contribution is 2.16. The van der Waals surface area contributed by atoms with Crippen LogP contribution in [-0.2, 0) is 5.75 Å². The number of nitrogen functional groups attached to an aromatic ring is 1. The van der Waals surface area contributed by atoms with Gasteiger partial charge in [0.25, 0.3) is 0 Å². The predicted molar refractivity (Wildman–Crippen MR) is 61.2 cm³/mol. The largest absolute Gasteiger partial charge is 0.368 e. The van der Waals surface area contributed by atoms with Gasteiger partial charge in [-0.15, -0.1) is 0 Å². The molecule has 0 radical (unpaired) electrons. The van der Waals surface area contributed by atoms with E-state index in [1.54, 1.807) is 18.0 Å². The lowest BCUT2D eigenvalue weighted by Gasteiger charge is -2.01. The highest BCUT2D eigenvalue weighted by atomic mass is 32.2. The van der Waals surface area contributed by atoms with Gasteiger partial charge in [0.05, 0.1) is 5.52 Å². The van der Waals surface area contributed by atoms with Crippen molar-refractivity contribution in [1.29, 1.82) is 0 Å². The lowest BCUT2D eigenvalue weighted by atomic mass is 10.2. The van der Waals surface area contributed by atoms with Crippen LogP contribution in [0, 0.1) is 0 Å². The van der Waals surface area contributed by atoms with Crippen molar-refractivity contribution >= 4 is 28.6 Å². The summed E-state index contributed by atoms with van der Waals surface area (Å²) in [6, 6.07) is 6.18. The third-order valence-electron chi connectivity index (χ3n) is 1.98. The molecule has 2 N–H and O–H groups in total. The second-order valence-electron chi connectivity index (χ2n) is 3.05. The first-order valence-corrected chi connectivity index (χ1v) is 5.69. The van der Waals surface area contributed by atoms with Gasteiger partial charge in [-0.25, -0.2) is 9.97 Å². The Morgan fingerprint density at radius 1 is 1.43 bits per heavy atom. The van der Waals surface area contributed by atoms with Crippen molar-refractivity contribution in [3.05, 3.63) is 30.0 Å². The van der Waals surface area contributed by atoms with Crippen LogP contribution in [0.1, 0.15) is 5.56 Å². The van der Waals surface area contributed by atoms with Crippen LogP contribution in [0.25, 0.3) is 10.9 Å². The topological polar surface area (TPSA) is 51.8 Å². The Kier molecular flexibility index (Phi) is 2.54. The second kappa shape index (κ2) is 3.84. The maximum atomic E-state index is 5.52. The molecule has 2 rings (SSSR count). The summed E-state index contributed by atoms with van der Waals surface area (Å²) >= 11 is 1.79. The number of rotatable bonds is 2. The second-order valence-corrected chi connectivity index (χ2v) is 3.92. The summed E-state index contributed by atoms with van der Waals surface area (Å²) in [5.41, 5.74) is 7.71. The Bertz CT molecular complexity index is 456. The van der Waals surface area contributed by atoms with Crippen molar-refractivity contribution in [1.82, 2.24) is 9.97 Å². The van der Waals surface area contributed by atoms with Crippen molar-refractivity contribution < 1.29 is 0 Å². The molecule has 0 atom stereocenters. The minimum atomic E-state index is 0.332. The van der Waals surface area contributed by atoms with Crippen LogP contribution in [0.15, 0.2) is 24.4 Å². The average molecular weight is 205 g/mol. The molecule has 14 heavy (non-hydrogen) atoms. The van der Waals surface area contributed by atoms with Crippen molar-refractivity contribution in [3.8, 4) is 0 Å². The van der Waals surface area contributed by atoms with E-state index >= 15 is 0 Å². The molecule has 72 valence electrons. The molecule has 0 bridgehead atoms. The lowest BCUT2D eigenvalue weighted by Crippen LogP contribution is -1.94. The first kappa shape index (κ1) is 9.27. The quantitative estimate of drug-likeness (QED) is 0.815. The predicted octanol–water partition coefficient (Wildman–Crippen LogP) is 2.07. The molecule has 0 aliphatic carbocycles. The third kappa shape index (κ3) is 1.80. The summed E-state index contributed by atoms with van der Waals surface area (Å²) in [4.78, 5) is 8.12. The molecule has 0 unspecified atom stereocenters. The number of fused-ring (bicyclic) bond motifs is 1. The normalized spacial score (nSPS) is 10.6. The Morgan fingerprint density at radius 3 is 3.07 bits per heavy atom. The van der Waals surface area contributed by atoms with Gasteiger partial charge >= 0.3 is 0 Å². The number of thioether (sulfide) groups is 1. The number of hydrogen-bond donors (Lipinski definition) is 1. The van der Waals surface area contributed by atoms with E-state index in [0.29, 0.717) is 5.95 Å². The van der Waals surface area contributed by atoms with Crippen molar-refractivity contribution in [2.45, 2.75) is 5.75 Å². The summed E-state index contributed by atoms with van der Waals surface area (Å²) in [5.74, 6) is 1.33. The van der Waals surface area contributed by atoms with Crippen LogP contribution in [0.5, 0.6) is 0 Å². The first-order chi connectivity index (χ1) is 6.79. The Labute approximate surface area is 86.7 Å². The third-order valence-corrected chi connectivity index (χ3v) is 2.60. The van der Waals surface area contributed by atoms with Gasteiger partial charge in [-0.3, -0.25) is 0 Å². The molecule has 0 spiro atoms. The smallest absolute Gasteiger partial charge is 0.220 e. The van der Waals surface area contributed by atoms with Gasteiger partial charge in [0.1, 0.15) is 0 Å². The zero-order valence-electron chi connectivity index (χ0n) is 7.90.